The lowest BCUT2D eigenvalue weighted by atomic mass is 10.1. The highest BCUT2D eigenvalue weighted by Crippen LogP contribution is 2.24. The van der Waals surface area contributed by atoms with Gasteiger partial charge in [0.25, 0.3) is 5.56 Å². The molecule has 0 bridgehead atoms. The predicted octanol–water partition coefficient (Wildman–Crippen LogP) is 1.67. The normalized spacial score (nSPS) is 10.8. The number of nitrogens with zero attached hydrogens (tertiary/aromatic N) is 1. The Labute approximate surface area is 113 Å². The quantitative estimate of drug-likeness (QED) is 0.705. The summed E-state index contributed by atoms with van der Waals surface area (Å²) in [5, 5.41) is 9.74. The minimum absolute atomic E-state index is 0.161. The van der Waals surface area contributed by atoms with Crippen LogP contribution in [0.1, 0.15) is 5.56 Å². The van der Waals surface area contributed by atoms with Gasteiger partial charge in [-0.15, -0.1) is 0 Å². The minimum atomic E-state index is -0.242. The molecule has 0 saturated heterocycles. The van der Waals surface area contributed by atoms with Crippen LogP contribution in [0.25, 0.3) is 16.9 Å². The zero-order valence-corrected chi connectivity index (χ0v) is 10.8. The van der Waals surface area contributed by atoms with Crippen molar-refractivity contribution < 1.29 is 5.11 Å². The Bertz CT molecular complexity index is 922. The molecule has 100 valence electrons. The van der Waals surface area contributed by atoms with Crippen molar-refractivity contribution in [1.29, 1.82) is 0 Å². The molecule has 2 N–H and O–H groups in total. The van der Waals surface area contributed by atoms with Gasteiger partial charge in [-0.25, -0.2) is 0 Å². The van der Waals surface area contributed by atoms with Crippen LogP contribution in [0.15, 0.2) is 52.2 Å². The molecule has 5 heteroatoms. The van der Waals surface area contributed by atoms with E-state index in [9.17, 15) is 14.7 Å². The second-order valence-corrected chi connectivity index (χ2v) is 4.64. The molecule has 0 aliphatic heterocycles. The van der Waals surface area contributed by atoms with Crippen LogP contribution in [0.5, 0.6) is 5.75 Å². The Morgan fingerprint density at radius 3 is 2.65 bits per heavy atom. The third kappa shape index (κ3) is 1.99. The number of phenolic OH excluding ortho intramolecular Hbond substituents is 1. The fourth-order valence-electron chi connectivity index (χ4n) is 2.07. The summed E-state index contributed by atoms with van der Waals surface area (Å²) in [5.41, 5.74) is 1.99. The fraction of sp³-hybridized carbons (Fsp3) is 0.0667. The first-order valence-corrected chi connectivity index (χ1v) is 6.10. The summed E-state index contributed by atoms with van der Waals surface area (Å²) in [5.74, 6) is 0.161. The Morgan fingerprint density at radius 1 is 1.10 bits per heavy atom. The molecule has 20 heavy (non-hydrogen) atoms. The second-order valence-electron chi connectivity index (χ2n) is 4.64. The molecule has 1 aromatic carbocycles. The Kier molecular flexibility index (Phi) is 2.68. The Balaban J connectivity index is 2.29. The number of aromatic amines is 1. The number of aromatic hydroxyl groups is 1. The minimum Gasteiger partial charge on any atom is -0.508 e. The number of pyridine rings is 1. The highest BCUT2D eigenvalue weighted by Gasteiger charge is 2.05. The maximum Gasteiger partial charge on any atom is 0.258 e. The molecule has 3 rings (SSSR count). The van der Waals surface area contributed by atoms with Crippen molar-refractivity contribution in [3.63, 3.8) is 0 Å². The van der Waals surface area contributed by atoms with Crippen LogP contribution in [-0.4, -0.2) is 14.5 Å². The van der Waals surface area contributed by atoms with Gasteiger partial charge < -0.3 is 10.1 Å². The van der Waals surface area contributed by atoms with Gasteiger partial charge in [-0.2, -0.15) is 0 Å². The molecule has 2 heterocycles. The molecule has 5 nitrogen and oxygen atoms in total. The number of hydrogen-bond acceptors (Lipinski definition) is 3. The van der Waals surface area contributed by atoms with Crippen molar-refractivity contribution in [2.45, 2.75) is 6.92 Å². The van der Waals surface area contributed by atoms with E-state index in [4.69, 9.17) is 0 Å². The first kappa shape index (κ1) is 12.2. The molecule has 0 spiro atoms. The lowest BCUT2D eigenvalue weighted by molar-refractivity contribution is 0.471. The zero-order chi connectivity index (χ0) is 14.3. The van der Waals surface area contributed by atoms with Gasteiger partial charge in [0.2, 0.25) is 0 Å². The lowest BCUT2D eigenvalue weighted by Crippen LogP contribution is -2.16. The van der Waals surface area contributed by atoms with E-state index >= 15 is 0 Å². The summed E-state index contributed by atoms with van der Waals surface area (Å²) in [7, 11) is 0. The molecule has 0 amide bonds. The molecule has 2 aromatic heterocycles. The van der Waals surface area contributed by atoms with Gasteiger partial charge in [0.15, 0.2) is 5.43 Å². The van der Waals surface area contributed by atoms with Crippen molar-refractivity contribution in [1.82, 2.24) is 9.38 Å². The first-order chi connectivity index (χ1) is 9.54. The van der Waals surface area contributed by atoms with Crippen LogP contribution < -0.4 is 11.0 Å². The van der Waals surface area contributed by atoms with E-state index in [-0.39, 0.29) is 16.7 Å². The van der Waals surface area contributed by atoms with Crippen molar-refractivity contribution in [2.24, 2.45) is 0 Å². The van der Waals surface area contributed by atoms with Gasteiger partial charge >= 0.3 is 0 Å². The van der Waals surface area contributed by atoms with E-state index in [0.29, 0.717) is 16.9 Å². The molecule has 0 fully saturated rings. The van der Waals surface area contributed by atoms with E-state index in [1.165, 1.54) is 28.8 Å². The third-order valence-corrected chi connectivity index (χ3v) is 3.21. The number of hydrogen-bond donors (Lipinski definition) is 2. The van der Waals surface area contributed by atoms with Gasteiger partial charge in [0.05, 0.1) is 5.69 Å². The number of aromatic nitrogens is 2. The molecule has 0 unspecified atom stereocenters. The topological polar surface area (TPSA) is 74.6 Å². The summed E-state index contributed by atoms with van der Waals surface area (Å²) in [6.07, 6.45) is 1.44. The number of phenols is 1. The maximum absolute atomic E-state index is 12.0. The summed E-state index contributed by atoms with van der Waals surface area (Å²) in [6.45, 7) is 1.79. The van der Waals surface area contributed by atoms with Crippen LogP contribution in [0.4, 0.5) is 0 Å². The number of H-pyrrole nitrogens is 1. The molecular formula is C15H12N2O3. The predicted molar refractivity (Wildman–Crippen MR) is 76.1 cm³/mol. The van der Waals surface area contributed by atoms with Crippen LogP contribution in [0.2, 0.25) is 0 Å². The van der Waals surface area contributed by atoms with Gasteiger partial charge in [0.1, 0.15) is 11.4 Å². The van der Waals surface area contributed by atoms with E-state index in [1.54, 1.807) is 25.1 Å². The summed E-state index contributed by atoms with van der Waals surface area (Å²) >= 11 is 0. The van der Waals surface area contributed by atoms with Crippen LogP contribution in [0.3, 0.4) is 0 Å². The Morgan fingerprint density at radius 2 is 1.90 bits per heavy atom. The van der Waals surface area contributed by atoms with E-state index in [1.807, 2.05) is 0 Å². The van der Waals surface area contributed by atoms with Crippen LogP contribution in [0, 0.1) is 6.92 Å². The van der Waals surface area contributed by atoms with Gasteiger partial charge in [-0.1, -0.05) is 12.1 Å². The maximum atomic E-state index is 12.0. The number of benzene rings is 1. The standard InChI is InChI=1S/C15H12N2O3/c1-9-2-3-10(6-13(9)19)12-8-15(20)17-5-4-11(18)7-14(17)16-12/h2-8,16,19H,1H3. The average molecular weight is 268 g/mol. The number of fused-ring (bicyclic) bond motifs is 1. The molecular weight excluding hydrogens is 256 g/mol. The molecule has 3 aromatic rings. The molecule has 0 aliphatic rings. The largest absolute Gasteiger partial charge is 0.508 e. The summed E-state index contributed by atoms with van der Waals surface area (Å²) in [4.78, 5) is 26.4. The number of rotatable bonds is 1. The smallest absolute Gasteiger partial charge is 0.258 e. The van der Waals surface area contributed by atoms with Crippen LogP contribution in [-0.2, 0) is 0 Å². The Hall–Kier alpha value is -2.82. The van der Waals surface area contributed by atoms with Crippen molar-refractivity contribution in [3.8, 4) is 17.0 Å². The lowest BCUT2D eigenvalue weighted by Gasteiger charge is -2.07. The van der Waals surface area contributed by atoms with Crippen molar-refractivity contribution in [2.75, 3.05) is 0 Å². The second kappa shape index (κ2) is 4.38. The molecule has 0 aliphatic carbocycles. The van der Waals surface area contributed by atoms with E-state index in [2.05, 4.69) is 4.98 Å². The van der Waals surface area contributed by atoms with Gasteiger partial charge in [-0.05, 0) is 18.6 Å². The van der Waals surface area contributed by atoms with E-state index < -0.39 is 0 Å². The van der Waals surface area contributed by atoms with Crippen LogP contribution >= 0.6 is 0 Å². The van der Waals surface area contributed by atoms with Gasteiger partial charge in [0, 0.05) is 30.0 Å². The third-order valence-electron chi connectivity index (χ3n) is 3.21. The average Bonchev–Trinajstić information content (AvgIpc) is 2.41. The number of nitrogens with one attached hydrogen (secondary N) is 1. The van der Waals surface area contributed by atoms with Crippen molar-refractivity contribution in [3.05, 3.63) is 68.7 Å². The fourth-order valence-corrected chi connectivity index (χ4v) is 2.07. The first-order valence-electron chi connectivity index (χ1n) is 6.10. The molecule has 0 radical (unpaired) electrons. The number of aryl methyl sites for hydroxylation is 1. The monoisotopic (exact) mass is 268 g/mol. The van der Waals surface area contributed by atoms with Crippen molar-refractivity contribution >= 4 is 5.65 Å². The highest BCUT2D eigenvalue weighted by molar-refractivity contribution is 5.64. The summed E-state index contributed by atoms with van der Waals surface area (Å²) in [6, 6.07) is 9.28. The molecule has 0 saturated carbocycles. The van der Waals surface area contributed by atoms with E-state index in [0.717, 1.165) is 5.56 Å². The SMILES string of the molecule is Cc1ccc(-c2cc(=O)n3ccc(=O)cc3[nH]2)cc1O. The van der Waals surface area contributed by atoms with Gasteiger partial charge in [-0.3, -0.25) is 14.0 Å². The summed E-state index contributed by atoms with van der Waals surface area (Å²) < 4.78 is 1.36. The highest BCUT2D eigenvalue weighted by atomic mass is 16.3. The zero-order valence-electron chi connectivity index (χ0n) is 10.8. The molecule has 0 atom stereocenters.